The van der Waals surface area contributed by atoms with Crippen LogP contribution in [0.4, 0.5) is 0 Å². The van der Waals surface area contributed by atoms with Crippen molar-refractivity contribution in [1.29, 1.82) is 0 Å². The maximum atomic E-state index is 12.7. The van der Waals surface area contributed by atoms with E-state index < -0.39 is 10.0 Å². The predicted octanol–water partition coefficient (Wildman–Crippen LogP) is 0.815. The lowest BCUT2D eigenvalue weighted by Crippen LogP contribution is -2.43. The Morgan fingerprint density at radius 1 is 1.32 bits per heavy atom. The second kappa shape index (κ2) is 6.78. The van der Waals surface area contributed by atoms with E-state index in [2.05, 4.69) is 5.32 Å². The molecule has 7 nitrogen and oxygen atoms in total. The molecule has 1 aliphatic rings. The molecule has 8 heteroatoms. The van der Waals surface area contributed by atoms with Gasteiger partial charge in [-0.05, 0) is 18.2 Å². The molecule has 1 aromatic carbocycles. The van der Waals surface area contributed by atoms with Crippen LogP contribution in [0.1, 0.15) is 10.4 Å². The summed E-state index contributed by atoms with van der Waals surface area (Å²) in [6.07, 6.45) is 1.91. The van der Waals surface area contributed by atoms with Crippen LogP contribution in [-0.2, 0) is 21.8 Å². The molecule has 0 unspecified atom stereocenters. The summed E-state index contributed by atoms with van der Waals surface area (Å²) in [5, 5.41) is 3.83. The number of carbonyl (C=O) groups excluding carboxylic acids is 1. The van der Waals surface area contributed by atoms with Crippen LogP contribution in [0.5, 0.6) is 0 Å². The minimum absolute atomic E-state index is 0.0412. The molecule has 1 aromatic heterocycles. The molecule has 2 heterocycles. The topological polar surface area (TPSA) is 80.6 Å². The van der Waals surface area contributed by atoms with Crippen molar-refractivity contribution in [2.24, 2.45) is 13.0 Å². The number of hydrogen-bond donors (Lipinski definition) is 1. The van der Waals surface area contributed by atoms with Gasteiger partial charge in [-0.15, -0.1) is 0 Å². The van der Waals surface area contributed by atoms with Crippen LogP contribution in [0, 0.1) is 5.92 Å². The number of ether oxygens (including phenoxy) is 1. The smallest absolute Gasteiger partial charge is 0.252 e. The third kappa shape index (κ3) is 3.56. The Hall–Kier alpha value is -1.90. The molecular formula is C17H23N3O4S. The minimum Gasteiger partial charge on any atom is -0.379 e. The highest BCUT2D eigenvalue weighted by Gasteiger charge is 2.34. The second-order valence-electron chi connectivity index (χ2n) is 6.60. The molecular weight excluding hydrogens is 342 g/mol. The second-order valence-corrected chi connectivity index (χ2v) is 8.83. The van der Waals surface area contributed by atoms with E-state index in [1.165, 1.54) is 18.4 Å². The number of hydrogen-bond acceptors (Lipinski definition) is 4. The number of amides is 1. The van der Waals surface area contributed by atoms with Gasteiger partial charge in [0, 0.05) is 49.7 Å². The number of aryl methyl sites for hydroxylation is 1. The van der Waals surface area contributed by atoms with Gasteiger partial charge in [-0.3, -0.25) is 4.79 Å². The number of fused-ring (bicyclic) bond motifs is 1. The third-order valence-corrected chi connectivity index (χ3v) is 6.63. The highest BCUT2D eigenvalue weighted by atomic mass is 32.2. The number of nitrogens with one attached hydrogen (secondary N) is 1. The van der Waals surface area contributed by atoms with Gasteiger partial charge in [0.25, 0.3) is 5.91 Å². The van der Waals surface area contributed by atoms with Gasteiger partial charge in [0.2, 0.25) is 10.0 Å². The zero-order valence-electron chi connectivity index (χ0n) is 14.6. The van der Waals surface area contributed by atoms with Crippen molar-refractivity contribution in [3.05, 3.63) is 36.0 Å². The van der Waals surface area contributed by atoms with Crippen LogP contribution in [0.3, 0.4) is 0 Å². The summed E-state index contributed by atoms with van der Waals surface area (Å²) >= 11 is 0. The summed E-state index contributed by atoms with van der Waals surface area (Å²) < 4.78 is 32.8. The molecule has 1 amide bonds. The van der Waals surface area contributed by atoms with Crippen molar-refractivity contribution in [3.63, 3.8) is 0 Å². The van der Waals surface area contributed by atoms with Crippen LogP contribution >= 0.6 is 0 Å². The zero-order chi connectivity index (χ0) is 18.2. The maximum Gasteiger partial charge on any atom is 0.252 e. The number of aromatic nitrogens is 1. The van der Waals surface area contributed by atoms with Gasteiger partial charge in [0.05, 0.1) is 25.0 Å². The summed E-state index contributed by atoms with van der Waals surface area (Å²) in [4.78, 5) is 12.7. The van der Waals surface area contributed by atoms with Gasteiger partial charge in [-0.2, -0.15) is 0 Å². The number of carbonyl (C=O) groups is 1. The Labute approximate surface area is 147 Å². The number of rotatable bonds is 5. The first kappa shape index (κ1) is 17.9. The largest absolute Gasteiger partial charge is 0.379 e. The van der Waals surface area contributed by atoms with E-state index in [9.17, 15) is 13.2 Å². The molecule has 25 heavy (non-hydrogen) atoms. The molecule has 1 fully saturated rings. The lowest BCUT2D eigenvalue weighted by molar-refractivity contribution is 0.0927. The summed E-state index contributed by atoms with van der Waals surface area (Å²) in [6, 6.07) is 7.16. The molecule has 0 bridgehead atoms. The number of nitrogens with zero attached hydrogens (tertiary/aromatic N) is 2. The highest BCUT2D eigenvalue weighted by molar-refractivity contribution is 7.89. The van der Waals surface area contributed by atoms with Gasteiger partial charge in [-0.25, -0.2) is 12.7 Å². The van der Waals surface area contributed by atoms with E-state index >= 15 is 0 Å². The fourth-order valence-electron chi connectivity index (χ4n) is 3.09. The predicted molar refractivity (Wildman–Crippen MR) is 96.0 cm³/mol. The van der Waals surface area contributed by atoms with E-state index in [4.69, 9.17) is 4.74 Å². The van der Waals surface area contributed by atoms with Crippen molar-refractivity contribution < 1.29 is 17.9 Å². The third-order valence-electron chi connectivity index (χ3n) is 4.67. The highest BCUT2D eigenvalue weighted by Crippen LogP contribution is 2.21. The van der Waals surface area contributed by atoms with E-state index in [0.29, 0.717) is 18.8 Å². The quantitative estimate of drug-likeness (QED) is 0.850. The molecule has 2 aromatic rings. The van der Waals surface area contributed by atoms with Crippen LogP contribution in [-0.4, -0.2) is 62.3 Å². The summed E-state index contributed by atoms with van der Waals surface area (Å²) in [7, 11) is 1.60. The molecule has 1 saturated heterocycles. The van der Waals surface area contributed by atoms with Crippen molar-refractivity contribution in [2.45, 2.75) is 6.04 Å². The Balaban J connectivity index is 1.77. The molecule has 0 saturated carbocycles. The first-order valence-corrected chi connectivity index (χ1v) is 9.73. The number of benzene rings is 1. The molecule has 1 N–H and O–H groups in total. The maximum absolute atomic E-state index is 12.7. The Kier molecular flexibility index (Phi) is 4.86. The SMILES string of the molecule is CN(C)S(=O)(=O)C[C@@H]1COC[C@H]1NC(=O)c1cccc2c1ccn2C. The summed E-state index contributed by atoms with van der Waals surface area (Å²) in [5.74, 6) is -0.508. The van der Waals surface area contributed by atoms with Gasteiger partial charge in [0.1, 0.15) is 0 Å². The molecule has 0 radical (unpaired) electrons. The normalized spacial score (nSPS) is 21.1. The van der Waals surface area contributed by atoms with Crippen LogP contribution in [0.15, 0.2) is 30.5 Å². The molecule has 1 aliphatic heterocycles. The average molecular weight is 365 g/mol. The monoisotopic (exact) mass is 365 g/mol. The van der Waals surface area contributed by atoms with Crippen molar-refractivity contribution in [3.8, 4) is 0 Å². The van der Waals surface area contributed by atoms with E-state index in [1.807, 2.05) is 36.0 Å². The van der Waals surface area contributed by atoms with E-state index in [1.54, 1.807) is 6.07 Å². The fraction of sp³-hybridized carbons (Fsp3) is 0.471. The van der Waals surface area contributed by atoms with Crippen molar-refractivity contribution in [2.75, 3.05) is 33.1 Å². The Bertz CT molecular complexity index is 888. The summed E-state index contributed by atoms with van der Waals surface area (Å²) in [6.45, 7) is 0.650. The first-order chi connectivity index (χ1) is 11.8. The Morgan fingerprint density at radius 3 is 2.80 bits per heavy atom. The Morgan fingerprint density at radius 2 is 2.08 bits per heavy atom. The lowest BCUT2D eigenvalue weighted by Gasteiger charge is -2.21. The van der Waals surface area contributed by atoms with Gasteiger partial charge >= 0.3 is 0 Å². The van der Waals surface area contributed by atoms with Crippen LogP contribution in [0.25, 0.3) is 10.9 Å². The number of sulfonamides is 1. The van der Waals surface area contributed by atoms with Crippen LogP contribution < -0.4 is 5.32 Å². The fourth-order valence-corrected chi connectivity index (χ4v) is 4.26. The molecule has 0 spiro atoms. The molecule has 136 valence electrons. The summed E-state index contributed by atoms with van der Waals surface area (Å²) in [5.41, 5.74) is 1.56. The van der Waals surface area contributed by atoms with Crippen molar-refractivity contribution in [1.82, 2.24) is 14.2 Å². The molecule has 2 atom stereocenters. The van der Waals surface area contributed by atoms with Gasteiger partial charge < -0.3 is 14.6 Å². The standard InChI is InChI=1S/C17H23N3O4S/c1-19(2)25(22,23)11-12-9-24-10-15(12)18-17(21)14-5-4-6-16-13(14)7-8-20(16)3/h4-8,12,15H,9-11H2,1-3H3,(H,18,21)/t12-,15+/m0/s1. The van der Waals surface area contributed by atoms with Crippen LogP contribution in [0.2, 0.25) is 0 Å². The zero-order valence-corrected chi connectivity index (χ0v) is 15.4. The lowest BCUT2D eigenvalue weighted by atomic mass is 10.0. The van der Waals surface area contributed by atoms with Gasteiger partial charge in [-0.1, -0.05) is 6.07 Å². The average Bonchev–Trinajstić information content (AvgIpc) is 3.14. The molecule has 3 rings (SSSR count). The van der Waals surface area contributed by atoms with Crippen molar-refractivity contribution >= 4 is 26.8 Å². The minimum atomic E-state index is -3.35. The van der Waals surface area contributed by atoms with E-state index in [0.717, 1.165) is 10.9 Å². The van der Waals surface area contributed by atoms with Gasteiger partial charge in [0.15, 0.2) is 0 Å². The molecule has 0 aliphatic carbocycles. The van der Waals surface area contributed by atoms with E-state index in [-0.39, 0.29) is 23.6 Å². The first-order valence-electron chi connectivity index (χ1n) is 8.12.